The maximum Gasteiger partial charge on any atom is 0.346 e. The third-order valence-corrected chi connectivity index (χ3v) is 5.01. The first-order valence-electron chi connectivity index (χ1n) is 4.97. The lowest BCUT2D eigenvalue weighted by Gasteiger charge is -2.10. The monoisotopic (exact) mass is 300 g/mol. The molecule has 4 nitrogen and oxygen atoms in total. The molecule has 0 saturated carbocycles. The Morgan fingerprint density at radius 2 is 1.87 bits per heavy atom. The van der Waals surface area contributed by atoms with E-state index in [0.717, 1.165) is 12.8 Å². The zero-order chi connectivity index (χ0) is 12.1. The van der Waals surface area contributed by atoms with Crippen LogP contribution in [0.2, 0.25) is 0 Å². The topological polar surface area (TPSA) is 74.6 Å². The lowest BCUT2D eigenvalue weighted by atomic mass is 10.0. The molecule has 0 aliphatic rings. The third-order valence-electron chi connectivity index (χ3n) is 2.02. The molecule has 1 unspecified atom stereocenters. The Bertz CT molecular complexity index is 248. The second kappa shape index (κ2) is 6.79. The van der Waals surface area contributed by atoms with E-state index in [1.54, 1.807) is 0 Å². The van der Waals surface area contributed by atoms with Gasteiger partial charge in [0.05, 0.1) is 0 Å². The van der Waals surface area contributed by atoms with Crippen LogP contribution in [0.25, 0.3) is 0 Å². The van der Waals surface area contributed by atoms with E-state index in [-0.39, 0.29) is 6.42 Å². The minimum atomic E-state index is -4.31. The molecule has 0 aliphatic heterocycles. The van der Waals surface area contributed by atoms with E-state index in [2.05, 4.69) is 29.8 Å². The van der Waals surface area contributed by atoms with Crippen molar-refractivity contribution in [1.82, 2.24) is 0 Å². The number of halogens is 1. The van der Waals surface area contributed by atoms with Crippen molar-refractivity contribution in [2.75, 3.05) is 0 Å². The van der Waals surface area contributed by atoms with Crippen molar-refractivity contribution in [1.29, 1.82) is 0 Å². The van der Waals surface area contributed by atoms with Gasteiger partial charge in [0.15, 0.2) is 10.4 Å². The van der Waals surface area contributed by atoms with Crippen molar-refractivity contribution < 1.29 is 19.1 Å². The van der Waals surface area contributed by atoms with Gasteiger partial charge in [0.1, 0.15) is 0 Å². The van der Waals surface area contributed by atoms with Gasteiger partial charge >= 0.3 is 7.60 Å². The summed E-state index contributed by atoms with van der Waals surface area (Å²) >= 11 is 2.73. The van der Waals surface area contributed by atoms with Gasteiger partial charge in [0.25, 0.3) is 0 Å². The zero-order valence-corrected chi connectivity index (χ0v) is 11.5. The Kier molecular flexibility index (Phi) is 6.93. The van der Waals surface area contributed by atoms with Gasteiger partial charge in [-0.3, -0.25) is 9.36 Å². The summed E-state index contributed by atoms with van der Waals surface area (Å²) in [6, 6.07) is 0. The van der Waals surface area contributed by atoms with E-state index in [9.17, 15) is 9.36 Å². The van der Waals surface area contributed by atoms with E-state index in [4.69, 9.17) is 9.79 Å². The molecule has 0 rings (SSSR count). The number of ketones is 1. The Balaban J connectivity index is 3.80. The number of Topliss-reactive ketones (excluding diaryl/α,β-unsaturated/α-hetero) is 1. The van der Waals surface area contributed by atoms with Gasteiger partial charge in [-0.25, -0.2) is 0 Å². The van der Waals surface area contributed by atoms with Crippen LogP contribution in [0.1, 0.15) is 39.5 Å². The summed E-state index contributed by atoms with van der Waals surface area (Å²) in [7, 11) is -4.31. The lowest BCUT2D eigenvalue weighted by Crippen LogP contribution is -2.13. The highest BCUT2D eigenvalue weighted by molar-refractivity contribution is 9.11. The fraction of sp³-hybridized carbons (Fsp3) is 0.889. The maximum absolute atomic E-state index is 11.3. The fourth-order valence-electron chi connectivity index (χ4n) is 1.16. The van der Waals surface area contributed by atoms with Gasteiger partial charge in [-0.05, 0) is 12.3 Å². The number of hydrogen-bond acceptors (Lipinski definition) is 2. The summed E-state index contributed by atoms with van der Waals surface area (Å²) in [5.41, 5.74) is 0. The molecule has 0 fully saturated rings. The van der Waals surface area contributed by atoms with E-state index < -0.39 is 17.9 Å². The van der Waals surface area contributed by atoms with E-state index in [0.29, 0.717) is 12.3 Å². The highest BCUT2D eigenvalue weighted by atomic mass is 79.9. The second-order valence-electron chi connectivity index (χ2n) is 4.03. The van der Waals surface area contributed by atoms with E-state index in [1.807, 2.05) is 0 Å². The normalized spacial score (nSPS) is 14.3. The number of carbonyl (C=O) groups excluding carboxylic acids is 1. The molecule has 2 N–H and O–H groups in total. The molecule has 0 aromatic rings. The molecule has 0 aromatic carbocycles. The van der Waals surface area contributed by atoms with Crippen molar-refractivity contribution >= 4 is 29.3 Å². The first-order valence-corrected chi connectivity index (χ1v) is 7.57. The zero-order valence-electron chi connectivity index (χ0n) is 9.02. The van der Waals surface area contributed by atoms with Gasteiger partial charge in [0, 0.05) is 6.42 Å². The molecule has 0 bridgehead atoms. The Hall–Kier alpha value is 0.300. The van der Waals surface area contributed by atoms with Crippen LogP contribution in [0.4, 0.5) is 0 Å². The van der Waals surface area contributed by atoms with Crippen molar-refractivity contribution in [3.8, 4) is 0 Å². The molecule has 15 heavy (non-hydrogen) atoms. The number of unbranched alkanes of at least 4 members (excludes halogenated alkanes) is 1. The van der Waals surface area contributed by atoms with Crippen LogP contribution in [0, 0.1) is 5.92 Å². The summed E-state index contributed by atoms with van der Waals surface area (Å²) in [6.07, 6.45) is 2.88. The minimum Gasteiger partial charge on any atom is -0.323 e. The predicted molar refractivity (Wildman–Crippen MR) is 63.1 cm³/mol. The molecule has 6 heteroatoms. The van der Waals surface area contributed by atoms with Crippen molar-refractivity contribution in [2.45, 2.75) is 44.1 Å². The Labute approximate surface area is 98.7 Å². The summed E-state index contributed by atoms with van der Waals surface area (Å²) in [5.74, 6) is 0.189. The van der Waals surface area contributed by atoms with Gasteiger partial charge in [-0.1, -0.05) is 42.6 Å². The van der Waals surface area contributed by atoms with E-state index >= 15 is 0 Å². The molecule has 0 aliphatic carbocycles. The summed E-state index contributed by atoms with van der Waals surface area (Å²) in [6.45, 7) is 4.20. The summed E-state index contributed by atoms with van der Waals surface area (Å²) in [4.78, 5) is 28.8. The lowest BCUT2D eigenvalue weighted by molar-refractivity contribution is -0.117. The van der Waals surface area contributed by atoms with Gasteiger partial charge < -0.3 is 9.79 Å². The molecular weight excluding hydrogens is 283 g/mol. The SMILES string of the molecule is CC(C)CCCCC(=O)C(Br)P(=O)(O)O. The highest BCUT2D eigenvalue weighted by Crippen LogP contribution is 2.45. The number of alkyl halides is 1. The largest absolute Gasteiger partial charge is 0.346 e. The van der Waals surface area contributed by atoms with Crippen molar-refractivity contribution in [2.24, 2.45) is 5.92 Å². The van der Waals surface area contributed by atoms with Crippen LogP contribution in [0.3, 0.4) is 0 Å². The number of hydrogen-bond donors (Lipinski definition) is 2. The summed E-state index contributed by atoms with van der Waals surface area (Å²) < 4.78 is 9.41. The Morgan fingerprint density at radius 1 is 1.33 bits per heavy atom. The van der Waals surface area contributed by atoms with Gasteiger partial charge in [0.2, 0.25) is 0 Å². The van der Waals surface area contributed by atoms with Gasteiger partial charge in [-0.15, -0.1) is 0 Å². The van der Waals surface area contributed by atoms with Gasteiger partial charge in [-0.2, -0.15) is 0 Å². The second-order valence-corrected chi connectivity index (χ2v) is 7.35. The molecule has 1 atom stereocenters. The average Bonchev–Trinajstić information content (AvgIpc) is 2.09. The van der Waals surface area contributed by atoms with Crippen LogP contribution >= 0.6 is 23.5 Å². The van der Waals surface area contributed by atoms with E-state index in [1.165, 1.54) is 0 Å². The van der Waals surface area contributed by atoms with Crippen LogP contribution < -0.4 is 0 Å². The quantitative estimate of drug-likeness (QED) is 0.431. The smallest absolute Gasteiger partial charge is 0.323 e. The average molecular weight is 301 g/mol. The first kappa shape index (κ1) is 15.3. The molecule has 90 valence electrons. The standard InChI is InChI=1S/C9H18BrO4P/c1-7(2)5-3-4-6-8(11)9(10)15(12,13)14/h7,9H,3-6H2,1-2H3,(H2,12,13,14). The molecule has 0 amide bonds. The fourth-order valence-corrected chi connectivity index (χ4v) is 1.89. The summed E-state index contributed by atoms with van der Waals surface area (Å²) in [5, 5.41) is 0. The van der Waals surface area contributed by atoms with Crippen molar-refractivity contribution in [3.63, 3.8) is 0 Å². The number of rotatable bonds is 7. The molecule has 0 aromatic heterocycles. The molecule has 0 radical (unpaired) electrons. The van der Waals surface area contributed by atoms with Crippen LogP contribution in [0.5, 0.6) is 0 Å². The minimum absolute atomic E-state index is 0.230. The predicted octanol–water partition coefficient (Wildman–Crippen LogP) is 2.67. The number of carbonyl (C=O) groups is 1. The Morgan fingerprint density at radius 3 is 2.27 bits per heavy atom. The molecular formula is C9H18BrO4P. The third kappa shape index (κ3) is 7.23. The van der Waals surface area contributed by atoms with Crippen LogP contribution in [-0.4, -0.2) is 20.1 Å². The maximum atomic E-state index is 11.3. The highest BCUT2D eigenvalue weighted by Gasteiger charge is 2.31. The van der Waals surface area contributed by atoms with Crippen molar-refractivity contribution in [3.05, 3.63) is 0 Å². The molecule has 0 heterocycles. The van der Waals surface area contributed by atoms with Crippen LogP contribution in [0.15, 0.2) is 0 Å². The molecule has 0 spiro atoms. The molecule has 0 saturated heterocycles. The van der Waals surface area contributed by atoms with Crippen LogP contribution in [-0.2, 0) is 9.36 Å². The first-order chi connectivity index (χ1) is 6.75.